The van der Waals surface area contributed by atoms with E-state index < -0.39 is 6.23 Å². The molecule has 1 unspecified atom stereocenters. The van der Waals surface area contributed by atoms with Crippen LogP contribution in [0.1, 0.15) is 25.3 Å². The SMILES string of the molecule is CC(=O)OC1CCC(=O)N1Cc1ccc(N)cc1.Cl. The van der Waals surface area contributed by atoms with Crippen LogP contribution < -0.4 is 5.73 Å². The Kier molecular flexibility index (Phi) is 5.18. The second kappa shape index (κ2) is 6.43. The van der Waals surface area contributed by atoms with E-state index in [9.17, 15) is 9.59 Å². The summed E-state index contributed by atoms with van der Waals surface area (Å²) in [4.78, 5) is 24.3. The van der Waals surface area contributed by atoms with Gasteiger partial charge in [-0.2, -0.15) is 0 Å². The van der Waals surface area contributed by atoms with Gasteiger partial charge in [-0.05, 0) is 17.7 Å². The zero-order valence-electron chi connectivity index (χ0n) is 10.7. The molecule has 0 spiro atoms. The van der Waals surface area contributed by atoms with Crippen LogP contribution >= 0.6 is 12.4 Å². The van der Waals surface area contributed by atoms with E-state index in [-0.39, 0.29) is 24.3 Å². The lowest BCUT2D eigenvalue weighted by Crippen LogP contribution is -2.35. The van der Waals surface area contributed by atoms with Gasteiger partial charge in [-0.3, -0.25) is 9.59 Å². The van der Waals surface area contributed by atoms with Gasteiger partial charge in [0.2, 0.25) is 5.91 Å². The number of nitrogen functional groups attached to an aromatic ring is 1. The lowest BCUT2D eigenvalue weighted by atomic mass is 10.2. The van der Waals surface area contributed by atoms with Crippen molar-refractivity contribution in [1.29, 1.82) is 0 Å². The fraction of sp³-hybridized carbons (Fsp3) is 0.385. The number of hydrogen-bond donors (Lipinski definition) is 1. The first-order chi connectivity index (χ1) is 8.56. The molecule has 19 heavy (non-hydrogen) atoms. The Morgan fingerprint density at radius 3 is 2.63 bits per heavy atom. The highest BCUT2D eigenvalue weighted by atomic mass is 35.5. The first kappa shape index (κ1) is 15.3. The summed E-state index contributed by atoms with van der Waals surface area (Å²) in [6.07, 6.45) is 0.549. The van der Waals surface area contributed by atoms with E-state index in [1.807, 2.05) is 12.1 Å². The molecule has 0 bridgehead atoms. The standard InChI is InChI=1S/C13H16N2O3.ClH/c1-9(16)18-13-7-6-12(17)15(13)8-10-2-4-11(14)5-3-10;/h2-5,13H,6-8,14H2,1H3;1H. The van der Waals surface area contributed by atoms with Gasteiger partial charge in [-0.15, -0.1) is 12.4 Å². The highest BCUT2D eigenvalue weighted by Gasteiger charge is 2.32. The summed E-state index contributed by atoms with van der Waals surface area (Å²) in [6, 6.07) is 7.31. The van der Waals surface area contributed by atoms with Gasteiger partial charge >= 0.3 is 5.97 Å². The molecule has 5 nitrogen and oxygen atoms in total. The number of carbonyl (C=O) groups excluding carboxylic acids is 2. The molecule has 1 aliphatic rings. The highest BCUT2D eigenvalue weighted by molar-refractivity contribution is 5.85. The Morgan fingerprint density at radius 1 is 1.42 bits per heavy atom. The van der Waals surface area contributed by atoms with E-state index >= 15 is 0 Å². The fourth-order valence-corrected chi connectivity index (χ4v) is 2.03. The van der Waals surface area contributed by atoms with Crippen LogP contribution in [-0.2, 0) is 20.9 Å². The molecule has 1 saturated heterocycles. The summed E-state index contributed by atoms with van der Waals surface area (Å²) in [6.45, 7) is 1.79. The van der Waals surface area contributed by atoms with Crippen LogP contribution in [0.4, 0.5) is 5.69 Å². The number of halogens is 1. The predicted octanol–water partition coefficient (Wildman–Crippen LogP) is 1.70. The third kappa shape index (κ3) is 3.86. The zero-order valence-corrected chi connectivity index (χ0v) is 11.5. The van der Waals surface area contributed by atoms with E-state index in [0.29, 0.717) is 25.1 Å². The van der Waals surface area contributed by atoms with Crippen LogP contribution in [0.5, 0.6) is 0 Å². The number of benzene rings is 1. The maximum Gasteiger partial charge on any atom is 0.304 e. The van der Waals surface area contributed by atoms with Crippen molar-refractivity contribution in [3.63, 3.8) is 0 Å². The Morgan fingerprint density at radius 2 is 2.05 bits per heavy atom. The average molecular weight is 285 g/mol. The molecule has 1 aromatic rings. The molecule has 1 heterocycles. The first-order valence-corrected chi connectivity index (χ1v) is 5.87. The largest absolute Gasteiger partial charge is 0.442 e. The lowest BCUT2D eigenvalue weighted by molar-refractivity contribution is -0.157. The van der Waals surface area contributed by atoms with Gasteiger partial charge < -0.3 is 15.4 Å². The molecule has 0 aliphatic carbocycles. The van der Waals surface area contributed by atoms with Gasteiger partial charge in [0, 0.05) is 32.0 Å². The van der Waals surface area contributed by atoms with Gasteiger partial charge in [-0.1, -0.05) is 12.1 Å². The molecule has 6 heteroatoms. The predicted molar refractivity (Wildman–Crippen MR) is 73.4 cm³/mol. The number of nitrogens with zero attached hydrogens (tertiary/aromatic N) is 1. The normalized spacial score (nSPS) is 18.1. The van der Waals surface area contributed by atoms with E-state index in [4.69, 9.17) is 10.5 Å². The lowest BCUT2D eigenvalue weighted by Gasteiger charge is -2.24. The molecule has 1 amide bonds. The number of nitrogens with two attached hydrogens (primary N) is 1. The third-order valence-electron chi connectivity index (χ3n) is 2.91. The number of rotatable bonds is 3. The Labute approximate surface area is 118 Å². The van der Waals surface area contributed by atoms with Crippen LogP contribution in [0.25, 0.3) is 0 Å². The van der Waals surface area contributed by atoms with Gasteiger partial charge in [-0.25, -0.2) is 0 Å². The average Bonchev–Trinajstić information content (AvgIpc) is 2.64. The number of ether oxygens (including phenoxy) is 1. The minimum atomic E-state index is -0.437. The number of amides is 1. The smallest absolute Gasteiger partial charge is 0.304 e. The van der Waals surface area contributed by atoms with Gasteiger partial charge in [0.1, 0.15) is 0 Å². The van der Waals surface area contributed by atoms with E-state index in [1.165, 1.54) is 6.92 Å². The molecule has 104 valence electrons. The Hall–Kier alpha value is -1.75. The van der Waals surface area contributed by atoms with Crippen LogP contribution in [-0.4, -0.2) is 23.0 Å². The summed E-state index contributed by atoms with van der Waals surface area (Å²) in [5.41, 5.74) is 7.26. The van der Waals surface area contributed by atoms with Crippen LogP contribution in [0.3, 0.4) is 0 Å². The van der Waals surface area contributed by atoms with Crippen molar-refractivity contribution in [3.05, 3.63) is 29.8 Å². The summed E-state index contributed by atoms with van der Waals surface area (Å²) in [5, 5.41) is 0. The molecular weight excluding hydrogens is 268 g/mol. The topological polar surface area (TPSA) is 72.6 Å². The number of carbonyl (C=O) groups is 2. The highest BCUT2D eigenvalue weighted by Crippen LogP contribution is 2.22. The second-order valence-electron chi connectivity index (χ2n) is 4.37. The minimum absolute atomic E-state index is 0. The fourth-order valence-electron chi connectivity index (χ4n) is 2.03. The minimum Gasteiger partial charge on any atom is -0.442 e. The summed E-state index contributed by atoms with van der Waals surface area (Å²) in [7, 11) is 0. The van der Waals surface area contributed by atoms with Gasteiger partial charge in [0.05, 0.1) is 0 Å². The molecule has 1 aromatic carbocycles. The number of esters is 1. The van der Waals surface area contributed by atoms with Gasteiger partial charge in [0.15, 0.2) is 6.23 Å². The molecule has 1 aliphatic heterocycles. The first-order valence-electron chi connectivity index (χ1n) is 5.87. The van der Waals surface area contributed by atoms with Crippen molar-refractivity contribution in [2.75, 3.05) is 5.73 Å². The molecule has 1 fully saturated rings. The van der Waals surface area contributed by atoms with Crippen molar-refractivity contribution in [3.8, 4) is 0 Å². The van der Waals surface area contributed by atoms with Gasteiger partial charge in [0.25, 0.3) is 0 Å². The van der Waals surface area contributed by atoms with E-state index in [2.05, 4.69) is 0 Å². The molecule has 0 radical (unpaired) electrons. The van der Waals surface area contributed by atoms with Crippen molar-refractivity contribution >= 4 is 30.0 Å². The number of anilines is 1. The summed E-state index contributed by atoms with van der Waals surface area (Å²) in [5.74, 6) is -0.352. The maximum absolute atomic E-state index is 11.7. The van der Waals surface area contributed by atoms with Crippen LogP contribution in [0.15, 0.2) is 24.3 Å². The molecule has 2 N–H and O–H groups in total. The Balaban J connectivity index is 0.00000180. The maximum atomic E-state index is 11.7. The van der Waals surface area contributed by atoms with Crippen molar-refractivity contribution in [2.45, 2.75) is 32.5 Å². The monoisotopic (exact) mass is 284 g/mol. The zero-order chi connectivity index (χ0) is 13.1. The molecule has 1 atom stereocenters. The van der Waals surface area contributed by atoms with Crippen molar-refractivity contribution in [2.24, 2.45) is 0 Å². The molecule has 0 saturated carbocycles. The van der Waals surface area contributed by atoms with Crippen molar-refractivity contribution in [1.82, 2.24) is 4.90 Å². The molecular formula is C13H17ClN2O3. The number of hydrogen-bond acceptors (Lipinski definition) is 4. The van der Waals surface area contributed by atoms with E-state index in [0.717, 1.165) is 5.56 Å². The summed E-state index contributed by atoms with van der Waals surface area (Å²) >= 11 is 0. The molecule has 2 rings (SSSR count). The van der Waals surface area contributed by atoms with E-state index in [1.54, 1.807) is 17.0 Å². The third-order valence-corrected chi connectivity index (χ3v) is 2.91. The molecule has 0 aromatic heterocycles. The Bertz CT molecular complexity index is 461. The summed E-state index contributed by atoms with van der Waals surface area (Å²) < 4.78 is 5.13. The quantitative estimate of drug-likeness (QED) is 0.677. The number of likely N-dealkylation sites (tertiary alicyclic amines) is 1. The van der Waals surface area contributed by atoms with Crippen LogP contribution in [0.2, 0.25) is 0 Å². The van der Waals surface area contributed by atoms with Crippen LogP contribution in [0, 0.1) is 0 Å². The second-order valence-corrected chi connectivity index (χ2v) is 4.37. The van der Waals surface area contributed by atoms with Crippen molar-refractivity contribution < 1.29 is 14.3 Å².